The lowest BCUT2D eigenvalue weighted by atomic mass is 9.80. The molecule has 0 saturated heterocycles. The van der Waals surface area contributed by atoms with Crippen LogP contribution in [0.2, 0.25) is 0 Å². The molecule has 5 nitrogen and oxygen atoms in total. The van der Waals surface area contributed by atoms with E-state index < -0.39 is 11.9 Å². The Bertz CT molecular complexity index is 1350. The number of hydrogen-bond donors (Lipinski definition) is 1. The molecule has 1 N–H and O–H groups in total. The molecule has 3 aromatic rings. The molecule has 1 aliphatic heterocycles. The van der Waals surface area contributed by atoms with Crippen LogP contribution in [0, 0.1) is 5.82 Å². The third kappa shape index (κ3) is 3.67. The number of carbonyl (C=O) groups excluding carboxylic acids is 2. The summed E-state index contributed by atoms with van der Waals surface area (Å²) < 4.78 is 24.0. The van der Waals surface area contributed by atoms with E-state index in [9.17, 15) is 14.0 Å². The van der Waals surface area contributed by atoms with E-state index >= 15 is 0 Å². The van der Waals surface area contributed by atoms with E-state index in [2.05, 4.69) is 5.32 Å². The molecule has 1 aliphatic carbocycles. The first-order valence-electron chi connectivity index (χ1n) is 10.9. The van der Waals surface area contributed by atoms with Crippen molar-refractivity contribution in [1.29, 1.82) is 0 Å². The molecule has 0 bridgehead atoms. The van der Waals surface area contributed by atoms with Crippen LogP contribution in [0.1, 0.15) is 39.9 Å². The Morgan fingerprint density at radius 1 is 0.971 bits per heavy atom. The Labute approximate surface area is 196 Å². The van der Waals surface area contributed by atoms with Crippen LogP contribution in [-0.4, -0.2) is 18.9 Å². The predicted molar refractivity (Wildman–Crippen MR) is 125 cm³/mol. The number of nitrogens with one attached hydrogen (secondary N) is 1. The molecule has 0 aromatic heterocycles. The Kier molecular flexibility index (Phi) is 5.49. The zero-order chi connectivity index (χ0) is 23.8. The van der Waals surface area contributed by atoms with Crippen molar-refractivity contribution >= 4 is 17.4 Å². The van der Waals surface area contributed by atoms with Crippen molar-refractivity contribution in [3.8, 4) is 5.75 Å². The van der Waals surface area contributed by atoms with E-state index in [1.807, 2.05) is 37.3 Å². The lowest BCUT2D eigenvalue weighted by Gasteiger charge is -2.29. The summed E-state index contributed by atoms with van der Waals surface area (Å²) in [4.78, 5) is 26.2. The van der Waals surface area contributed by atoms with Crippen LogP contribution < -0.4 is 10.1 Å². The lowest BCUT2D eigenvalue weighted by molar-refractivity contribution is -0.136. The van der Waals surface area contributed by atoms with Gasteiger partial charge in [0.15, 0.2) is 5.78 Å². The number of carbonyl (C=O) groups is 2. The summed E-state index contributed by atoms with van der Waals surface area (Å²) in [6.07, 6.45) is 0. The minimum atomic E-state index is -0.574. The average Bonchev–Trinajstić information content (AvgIpc) is 3.14. The van der Waals surface area contributed by atoms with Crippen LogP contribution in [0.15, 0.2) is 89.6 Å². The topological polar surface area (TPSA) is 64.6 Å². The van der Waals surface area contributed by atoms with E-state index in [-0.39, 0.29) is 11.6 Å². The monoisotopic (exact) mass is 455 g/mol. The quantitative estimate of drug-likeness (QED) is 0.540. The third-order valence-corrected chi connectivity index (χ3v) is 6.19. The molecule has 1 heterocycles. The Balaban J connectivity index is 1.49. The highest BCUT2D eigenvalue weighted by Crippen LogP contribution is 2.46. The number of benzene rings is 3. The van der Waals surface area contributed by atoms with Gasteiger partial charge in [0, 0.05) is 28.3 Å². The molecule has 6 heteroatoms. The Hall–Kier alpha value is -4.19. The zero-order valence-corrected chi connectivity index (χ0v) is 18.7. The van der Waals surface area contributed by atoms with Gasteiger partial charge in [-0.05, 0) is 42.3 Å². The van der Waals surface area contributed by atoms with Gasteiger partial charge in [0.25, 0.3) is 0 Å². The van der Waals surface area contributed by atoms with Gasteiger partial charge in [-0.25, -0.2) is 9.18 Å². The van der Waals surface area contributed by atoms with Crippen molar-refractivity contribution in [2.24, 2.45) is 0 Å². The molecule has 2 aliphatic rings. The van der Waals surface area contributed by atoms with Gasteiger partial charge in [-0.15, -0.1) is 0 Å². The number of ketones is 1. The van der Waals surface area contributed by atoms with Crippen LogP contribution in [0.5, 0.6) is 5.75 Å². The van der Waals surface area contributed by atoms with E-state index in [4.69, 9.17) is 9.47 Å². The molecule has 0 radical (unpaired) electrons. The van der Waals surface area contributed by atoms with Gasteiger partial charge >= 0.3 is 5.97 Å². The zero-order valence-electron chi connectivity index (χ0n) is 18.7. The first kappa shape index (κ1) is 21.6. The molecule has 0 fully saturated rings. The number of rotatable bonds is 5. The highest BCUT2D eigenvalue weighted by Gasteiger charge is 2.42. The summed E-state index contributed by atoms with van der Waals surface area (Å²) in [5.41, 5.74) is 5.39. The first-order valence-corrected chi connectivity index (χ1v) is 10.9. The van der Waals surface area contributed by atoms with Crippen molar-refractivity contribution in [1.82, 2.24) is 5.32 Å². The summed E-state index contributed by atoms with van der Waals surface area (Å²) in [7, 11) is 1.33. The second kappa shape index (κ2) is 8.63. The summed E-state index contributed by atoms with van der Waals surface area (Å²) in [5.74, 6) is -0.833. The minimum absolute atomic E-state index is 0.103. The van der Waals surface area contributed by atoms with Crippen LogP contribution in [0.25, 0.3) is 5.70 Å². The van der Waals surface area contributed by atoms with Crippen molar-refractivity contribution in [2.45, 2.75) is 19.4 Å². The van der Waals surface area contributed by atoms with Gasteiger partial charge in [-0.2, -0.15) is 0 Å². The SMILES string of the molecule is COC(=O)C1=C(C)NC2=C(C(=O)c3ccccc32)[C@H]1c1ccc(OCc2ccc(F)cc2)cc1. The number of hydrogen-bond acceptors (Lipinski definition) is 5. The fraction of sp³-hybridized carbons (Fsp3) is 0.143. The van der Waals surface area contributed by atoms with E-state index in [1.54, 1.807) is 30.3 Å². The number of allylic oxidation sites excluding steroid dienone is 2. The summed E-state index contributed by atoms with van der Waals surface area (Å²) >= 11 is 0. The molecule has 3 aromatic carbocycles. The van der Waals surface area contributed by atoms with Crippen LogP contribution in [0.3, 0.4) is 0 Å². The summed E-state index contributed by atoms with van der Waals surface area (Å²) in [5, 5.41) is 3.27. The van der Waals surface area contributed by atoms with Crippen molar-refractivity contribution in [2.75, 3.05) is 7.11 Å². The minimum Gasteiger partial charge on any atom is -0.489 e. The molecule has 0 amide bonds. The second-order valence-electron chi connectivity index (χ2n) is 8.24. The van der Waals surface area contributed by atoms with Crippen molar-refractivity contribution < 1.29 is 23.5 Å². The van der Waals surface area contributed by atoms with Gasteiger partial charge in [0.1, 0.15) is 18.2 Å². The maximum absolute atomic E-state index is 13.4. The number of dihydropyridines is 1. The largest absolute Gasteiger partial charge is 0.489 e. The van der Waals surface area contributed by atoms with Gasteiger partial charge in [0.05, 0.1) is 18.4 Å². The average molecular weight is 455 g/mol. The number of ether oxygens (including phenoxy) is 2. The highest BCUT2D eigenvalue weighted by molar-refractivity contribution is 6.23. The van der Waals surface area contributed by atoms with Crippen LogP contribution in [0.4, 0.5) is 4.39 Å². The highest BCUT2D eigenvalue weighted by atomic mass is 19.1. The fourth-order valence-corrected chi connectivity index (χ4v) is 4.55. The molecule has 5 rings (SSSR count). The van der Waals surface area contributed by atoms with Gasteiger partial charge in [-0.3, -0.25) is 4.79 Å². The first-order chi connectivity index (χ1) is 16.5. The predicted octanol–water partition coefficient (Wildman–Crippen LogP) is 5.15. The maximum atomic E-state index is 13.4. The van der Waals surface area contributed by atoms with E-state index in [0.717, 1.165) is 22.4 Å². The molecule has 0 spiro atoms. The lowest BCUT2D eigenvalue weighted by Crippen LogP contribution is -2.29. The van der Waals surface area contributed by atoms with Crippen LogP contribution >= 0.6 is 0 Å². The number of halogens is 1. The molecular formula is C28H22FNO4. The summed E-state index contributed by atoms with van der Waals surface area (Å²) in [6, 6.07) is 20.9. The molecular weight excluding hydrogens is 433 g/mol. The van der Waals surface area contributed by atoms with Crippen molar-refractivity contribution in [3.63, 3.8) is 0 Å². The number of esters is 1. The van der Waals surface area contributed by atoms with Gasteiger partial charge in [0.2, 0.25) is 0 Å². The third-order valence-electron chi connectivity index (χ3n) is 6.19. The molecule has 1 atom stereocenters. The number of fused-ring (bicyclic) bond motifs is 2. The molecule has 170 valence electrons. The van der Waals surface area contributed by atoms with Crippen molar-refractivity contribution in [3.05, 3.63) is 118 Å². The standard InChI is InChI=1S/C28H22FNO4/c1-16-23(28(32)33-2)24(25-26(30-16)21-5-3-4-6-22(21)27(25)31)18-9-13-20(14-10-18)34-15-17-7-11-19(29)12-8-17/h3-14,24,30H,15H2,1-2H3/t24-/m0/s1. The fourth-order valence-electron chi connectivity index (χ4n) is 4.55. The molecule has 0 unspecified atom stereocenters. The Morgan fingerprint density at radius 2 is 1.65 bits per heavy atom. The van der Waals surface area contributed by atoms with Crippen LogP contribution in [-0.2, 0) is 16.1 Å². The number of Topliss-reactive ketones (excluding diaryl/α,β-unsaturated/α-hetero) is 1. The molecule has 0 saturated carbocycles. The maximum Gasteiger partial charge on any atom is 0.336 e. The van der Waals surface area contributed by atoms with E-state index in [1.165, 1.54) is 19.2 Å². The van der Waals surface area contributed by atoms with Gasteiger partial charge < -0.3 is 14.8 Å². The van der Waals surface area contributed by atoms with Gasteiger partial charge in [-0.1, -0.05) is 48.5 Å². The second-order valence-corrected chi connectivity index (χ2v) is 8.24. The smallest absolute Gasteiger partial charge is 0.336 e. The summed E-state index contributed by atoms with van der Waals surface area (Å²) in [6.45, 7) is 2.11. The number of methoxy groups -OCH3 is 1. The molecule has 34 heavy (non-hydrogen) atoms. The normalized spacial score (nSPS) is 16.7. The Morgan fingerprint density at radius 3 is 2.32 bits per heavy atom. The van der Waals surface area contributed by atoms with E-state index in [0.29, 0.717) is 34.8 Å².